The van der Waals surface area contributed by atoms with Gasteiger partial charge in [-0.15, -0.1) is 0 Å². The third-order valence-corrected chi connectivity index (χ3v) is 4.64. The summed E-state index contributed by atoms with van der Waals surface area (Å²) < 4.78 is 0. The molecule has 3 nitrogen and oxygen atoms in total. The van der Waals surface area contributed by atoms with Crippen molar-refractivity contribution in [2.75, 3.05) is 24.6 Å². The van der Waals surface area contributed by atoms with Gasteiger partial charge in [0.1, 0.15) is 5.54 Å². The van der Waals surface area contributed by atoms with Crippen LogP contribution < -0.4 is 0 Å². The molecule has 15 heavy (non-hydrogen) atoms. The third kappa shape index (κ3) is 2.16. The highest BCUT2D eigenvalue weighted by molar-refractivity contribution is 7.99. The van der Waals surface area contributed by atoms with Crippen molar-refractivity contribution in [2.45, 2.75) is 37.6 Å². The summed E-state index contributed by atoms with van der Waals surface area (Å²) in [6, 6.07) is 0. The smallest absolute Gasteiger partial charge is 0.324 e. The molecule has 2 rings (SSSR count). The van der Waals surface area contributed by atoms with E-state index < -0.39 is 11.5 Å². The van der Waals surface area contributed by atoms with E-state index in [2.05, 4.69) is 4.90 Å². The van der Waals surface area contributed by atoms with Crippen LogP contribution in [0.5, 0.6) is 0 Å². The van der Waals surface area contributed by atoms with Crippen molar-refractivity contribution in [1.29, 1.82) is 0 Å². The van der Waals surface area contributed by atoms with Crippen molar-refractivity contribution >= 4 is 17.7 Å². The normalized spacial score (nSPS) is 27.5. The highest BCUT2D eigenvalue weighted by Crippen LogP contribution is 2.35. The van der Waals surface area contributed by atoms with Crippen LogP contribution in [0.3, 0.4) is 0 Å². The van der Waals surface area contributed by atoms with Crippen molar-refractivity contribution in [1.82, 2.24) is 4.90 Å². The Labute approximate surface area is 95.2 Å². The maximum absolute atomic E-state index is 11.5. The van der Waals surface area contributed by atoms with Crippen LogP contribution in [0.4, 0.5) is 0 Å². The van der Waals surface area contributed by atoms with E-state index in [1.807, 2.05) is 11.8 Å². The second-order valence-corrected chi connectivity index (χ2v) is 5.72. The summed E-state index contributed by atoms with van der Waals surface area (Å²) in [4.78, 5) is 13.8. The predicted molar refractivity (Wildman–Crippen MR) is 62.3 cm³/mol. The molecule has 4 heteroatoms. The third-order valence-electron chi connectivity index (χ3n) is 3.70. The van der Waals surface area contributed by atoms with Crippen molar-refractivity contribution in [2.24, 2.45) is 0 Å². The van der Waals surface area contributed by atoms with Gasteiger partial charge in [0.25, 0.3) is 0 Å². The fourth-order valence-electron chi connectivity index (χ4n) is 2.79. The lowest BCUT2D eigenvalue weighted by atomic mass is 9.80. The molecule has 0 unspecified atom stereocenters. The van der Waals surface area contributed by atoms with Gasteiger partial charge in [-0.1, -0.05) is 19.3 Å². The fourth-order valence-corrected chi connectivity index (χ4v) is 3.70. The Bertz CT molecular complexity index is 233. The molecule has 1 heterocycles. The van der Waals surface area contributed by atoms with Crippen molar-refractivity contribution in [3.05, 3.63) is 0 Å². The molecule has 0 amide bonds. The average molecular weight is 229 g/mol. The molecular formula is C11H19NO2S. The van der Waals surface area contributed by atoms with E-state index in [4.69, 9.17) is 0 Å². The Morgan fingerprint density at radius 3 is 2.27 bits per heavy atom. The Kier molecular flexibility index (Phi) is 3.57. The van der Waals surface area contributed by atoms with Crippen molar-refractivity contribution in [3.8, 4) is 0 Å². The fraction of sp³-hybridized carbons (Fsp3) is 0.909. The van der Waals surface area contributed by atoms with Gasteiger partial charge in [-0.3, -0.25) is 9.69 Å². The molecule has 0 aromatic carbocycles. The summed E-state index contributed by atoms with van der Waals surface area (Å²) in [5.41, 5.74) is -0.515. The highest BCUT2D eigenvalue weighted by Gasteiger charge is 2.44. The monoisotopic (exact) mass is 229 g/mol. The number of hydrogen-bond acceptors (Lipinski definition) is 3. The van der Waals surface area contributed by atoms with E-state index in [1.54, 1.807) is 0 Å². The topological polar surface area (TPSA) is 40.5 Å². The van der Waals surface area contributed by atoms with Crippen LogP contribution >= 0.6 is 11.8 Å². The molecule has 2 aliphatic rings. The van der Waals surface area contributed by atoms with Gasteiger partial charge < -0.3 is 5.11 Å². The van der Waals surface area contributed by atoms with Crippen molar-refractivity contribution < 1.29 is 9.90 Å². The van der Waals surface area contributed by atoms with Gasteiger partial charge in [0.05, 0.1) is 0 Å². The van der Waals surface area contributed by atoms with Gasteiger partial charge in [-0.05, 0) is 12.8 Å². The number of aliphatic carboxylic acids is 1. The molecular weight excluding hydrogens is 210 g/mol. The van der Waals surface area contributed by atoms with Crippen LogP contribution in [0.25, 0.3) is 0 Å². The lowest BCUT2D eigenvalue weighted by Crippen LogP contribution is -2.58. The van der Waals surface area contributed by atoms with E-state index in [0.717, 1.165) is 50.3 Å². The van der Waals surface area contributed by atoms with Gasteiger partial charge in [0.15, 0.2) is 0 Å². The number of thioether (sulfide) groups is 1. The molecule has 1 aliphatic carbocycles. The largest absolute Gasteiger partial charge is 0.480 e. The van der Waals surface area contributed by atoms with Crippen LogP contribution in [0.2, 0.25) is 0 Å². The summed E-state index contributed by atoms with van der Waals surface area (Å²) >= 11 is 1.94. The van der Waals surface area contributed by atoms with Gasteiger partial charge in [0.2, 0.25) is 0 Å². The molecule has 0 aromatic rings. The number of hydrogen-bond donors (Lipinski definition) is 1. The second kappa shape index (κ2) is 4.74. The summed E-state index contributed by atoms with van der Waals surface area (Å²) in [6.07, 6.45) is 5.07. The summed E-state index contributed by atoms with van der Waals surface area (Å²) in [6.45, 7) is 1.91. The zero-order valence-corrected chi connectivity index (χ0v) is 9.89. The number of carboxylic acid groups (broad SMARTS) is 1. The standard InChI is InChI=1S/C11H19NO2S/c13-10(14)11(4-2-1-3-5-11)12-6-8-15-9-7-12/h1-9H2,(H,13,14). The number of carboxylic acids is 1. The summed E-state index contributed by atoms with van der Waals surface area (Å²) in [5, 5.41) is 9.49. The minimum Gasteiger partial charge on any atom is -0.480 e. The molecule has 2 fully saturated rings. The lowest BCUT2D eigenvalue weighted by Gasteiger charge is -2.44. The zero-order valence-electron chi connectivity index (χ0n) is 9.07. The van der Waals surface area contributed by atoms with Crippen LogP contribution in [0.15, 0.2) is 0 Å². The first-order valence-corrected chi connectivity index (χ1v) is 6.97. The Morgan fingerprint density at radius 1 is 1.13 bits per heavy atom. The first kappa shape index (κ1) is 11.3. The quantitative estimate of drug-likeness (QED) is 0.784. The molecule has 0 bridgehead atoms. The molecule has 1 aliphatic heterocycles. The van der Waals surface area contributed by atoms with E-state index in [0.29, 0.717) is 0 Å². The maximum atomic E-state index is 11.5. The lowest BCUT2D eigenvalue weighted by molar-refractivity contribution is -0.154. The Balaban J connectivity index is 2.12. The maximum Gasteiger partial charge on any atom is 0.324 e. The first-order valence-electron chi connectivity index (χ1n) is 5.82. The number of nitrogens with zero attached hydrogens (tertiary/aromatic N) is 1. The second-order valence-electron chi connectivity index (χ2n) is 4.50. The van der Waals surface area contributed by atoms with E-state index in [1.165, 1.54) is 6.42 Å². The number of carbonyl (C=O) groups is 1. The van der Waals surface area contributed by atoms with E-state index in [9.17, 15) is 9.90 Å². The minimum atomic E-state index is -0.589. The molecule has 0 radical (unpaired) electrons. The van der Waals surface area contributed by atoms with E-state index in [-0.39, 0.29) is 0 Å². The van der Waals surface area contributed by atoms with Gasteiger partial charge in [0, 0.05) is 24.6 Å². The van der Waals surface area contributed by atoms with Gasteiger partial charge in [-0.2, -0.15) is 11.8 Å². The minimum absolute atomic E-state index is 0.515. The van der Waals surface area contributed by atoms with E-state index >= 15 is 0 Å². The average Bonchev–Trinajstić information content (AvgIpc) is 2.31. The van der Waals surface area contributed by atoms with Crippen LogP contribution in [-0.2, 0) is 4.79 Å². The molecule has 1 saturated carbocycles. The first-order chi connectivity index (χ1) is 7.26. The van der Waals surface area contributed by atoms with Gasteiger partial charge >= 0.3 is 5.97 Å². The number of rotatable bonds is 2. The Morgan fingerprint density at radius 2 is 1.73 bits per heavy atom. The Hall–Kier alpha value is -0.220. The SMILES string of the molecule is O=C(O)C1(N2CCSCC2)CCCCC1. The van der Waals surface area contributed by atoms with Crippen molar-refractivity contribution in [3.63, 3.8) is 0 Å². The van der Waals surface area contributed by atoms with Crippen LogP contribution in [0.1, 0.15) is 32.1 Å². The highest BCUT2D eigenvalue weighted by atomic mass is 32.2. The summed E-state index contributed by atoms with van der Waals surface area (Å²) in [5.74, 6) is 1.60. The molecule has 0 atom stereocenters. The molecule has 86 valence electrons. The zero-order chi connectivity index (χ0) is 10.7. The molecule has 0 spiro atoms. The summed E-state index contributed by atoms with van der Waals surface area (Å²) in [7, 11) is 0. The molecule has 1 N–H and O–H groups in total. The molecule has 0 aromatic heterocycles. The van der Waals surface area contributed by atoms with Crippen LogP contribution in [0, 0.1) is 0 Å². The van der Waals surface area contributed by atoms with Gasteiger partial charge in [-0.25, -0.2) is 0 Å². The van der Waals surface area contributed by atoms with Crippen LogP contribution in [-0.4, -0.2) is 46.1 Å². The predicted octanol–water partition coefficient (Wildman–Crippen LogP) is 1.82. The molecule has 1 saturated heterocycles.